The highest BCUT2D eigenvalue weighted by atomic mass is 16.7. The molecule has 2 unspecified atom stereocenters. The Bertz CT molecular complexity index is 1370. The summed E-state index contributed by atoms with van der Waals surface area (Å²) in [6, 6.07) is 9.54. The summed E-state index contributed by atoms with van der Waals surface area (Å²) in [5.41, 5.74) is 1.16. The predicted octanol–water partition coefficient (Wildman–Crippen LogP) is 5.31. The van der Waals surface area contributed by atoms with Crippen molar-refractivity contribution >= 4 is 23.7 Å². The molecule has 3 aliphatic heterocycles. The number of esters is 1. The molecule has 12 heteroatoms. The van der Waals surface area contributed by atoms with Crippen molar-refractivity contribution in [3.8, 4) is 17.2 Å². The number of fused-ring (bicyclic) bond motifs is 2. The third-order valence-electron chi connectivity index (χ3n) is 8.25. The van der Waals surface area contributed by atoms with Gasteiger partial charge in [-0.25, -0.2) is 9.69 Å². The van der Waals surface area contributed by atoms with Gasteiger partial charge in [0.15, 0.2) is 24.0 Å². The number of carbonyl (C=O) groups excluding carboxylic acids is 3. The average molecular weight is 639 g/mol. The van der Waals surface area contributed by atoms with Gasteiger partial charge in [-0.15, -0.1) is 0 Å². The second-order valence-electron chi connectivity index (χ2n) is 11.4. The lowest BCUT2D eigenvalue weighted by Crippen LogP contribution is -2.57. The number of piperidine rings is 1. The number of hydrogen-bond donors (Lipinski definition) is 1. The number of anilines is 1. The number of rotatable bonds is 12. The van der Waals surface area contributed by atoms with E-state index in [1.54, 1.807) is 24.1 Å². The van der Waals surface area contributed by atoms with Gasteiger partial charge in [0.05, 0.1) is 31.0 Å². The number of nitrogens with zero attached hydrogens (tertiary/aromatic N) is 2. The van der Waals surface area contributed by atoms with Crippen molar-refractivity contribution < 1.29 is 47.9 Å². The lowest BCUT2D eigenvalue weighted by atomic mass is 10.00. The van der Waals surface area contributed by atoms with E-state index in [-0.39, 0.29) is 54.9 Å². The quantitative estimate of drug-likeness (QED) is 0.185. The molecule has 2 aromatic carbocycles. The van der Waals surface area contributed by atoms with Crippen LogP contribution in [0.4, 0.5) is 10.5 Å². The molecular formula is C34H42N2O10. The van der Waals surface area contributed by atoms with Gasteiger partial charge >= 0.3 is 12.1 Å². The molecule has 12 nitrogen and oxygen atoms in total. The minimum absolute atomic E-state index is 0.0460. The molecule has 1 N–H and O–H groups in total. The van der Waals surface area contributed by atoms with Gasteiger partial charge in [0.1, 0.15) is 19.0 Å². The maximum atomic E-state index is 13.9. The van der Waals surface area contributed by atoms with Crippen molar-refractivity contribution in [3.05, 3.63) is 60.2 Å². The van der Waals surface area contributed by atoms with Crippen LogP contribution in [0.2, 0.25) is 0 Å². The van der Waals surface area contributed by atoms with Crippen LogP contribution in [-0.2, 0) is 30.3 Å². The summed E-state index contributed by atoms with van der Waals surface area (Å²) in [4.78, 5) is 43.0. The molecule has 2 amide bonds. The van der Waals surface area contributed by atoms with E-state index in [1.165, 1.54) is 23.1 Å². The maximum absolute atomic E-state index is 13.9. The summed E-state index contributed by atoms with van der Waals surface area (Å²) in [6.45, 7) is 4.83. The molecule has 46 heavy (non-hydrogen) atoms. The Morgan fingerprint density at radius 2 is 1.89 bits per heavy atom. The Kier molecular flexibility index (Phi) is 11.4. The highest BCUT2D eigenvalue weighted by molar-refractivity contribution is 6.06. The number of methoxy groups -OCH3 is 1. The van der Waals surface area contributed by atoms with E-state index < -0.39 is 30.6 Å². The van der Waals surface area contributed by atoms with Crippen molar-refractivity contribution in [1.82, 2.24) is 4.90 Å². The van der Waals surface area contributed by atoms with Crippen LogP contribution in [0, 0.1) is 0 Å². The summed E-state index contributed by atoms with van der Waals surface area (Å²) in [5.74, 6) is -0.219. The zero-order valence-electron chi connectivity index (χ0n) is 26.2. The lowest BCUT2D eigenvalue weighted by molar-refractivity contribution is -0.198. The molecule has 0 spiro atoms. The van der Waals surface area contributed by atoms with Gasteiger partial charge in [0.2, 0.25) is 0 Å². The topological polar surface area (TPSA) is 133 Å². The number of ether oxygens (including phenoxy) is 6. The number of hydrogen-bond acceptors (Lipinski definition) is 10. The van der Waals surface area contributed by atoms with Gasteiger partial charge in [-0.1, -0.05) is 24.8 Å². The maximum Gasteiger partial charge on any atom is 0.416 e. The first-order chi connectivity index (χ1) is 22.4. The molecule has 0 saturated carbocycles. The standard InChI is InChI=1S/C34H42N2O10/c1-3-17-44-34(40)36-27-21-29(42-19-8-10-30(38)45-22-23-12-14-24(41-2)15-13-23)28(37)20-25(27)32(39)35-16-6-4-9-26(35)33(36)46-31-11-5-7-18-43-31/h3,12-15,20-21,26,31,33,37H,1,4-11,16-19,22H2,2H3/t26-,31?,33?/m0/s1. The lowest BCUT2D eigenvalue weighted by Gasteiger charge is -2.42. The van der Waals surface area contributed by atoms with E-state index in [2.05, 4.69) is 6.58 Å². The fourth-order valence-electron chi connectivity index (χ4n) is 5.90. The highest BCUT2D eigenvalue weighted by Crippen LogP contribution is 2.42. The molecule has 2 saturated heterocycles. The van der Waals surface area contributed by atoms with Crippen molar-refractivity contribution in [2.24, 2.45) is 0 Å². The smallest absolute Gasteiger partial charge is 0.416 e. The van der Waals surface area contributed by atoms with Crippen molar-refractivity contribution in [2.45, 2.75) is 76.5 Å². The number of phenolic OH excluding ortho intramolecular Hbond substituents is 1. The number of benzene rings is 2. The second kappa shape index (κ2) is 15.8. The SMILES string of the molecule is C=CCOC(=O)N1c2cc(OCCCC(=O)OCc3ccc(OC)cc3)c(O)cc2C(=O)N2CCCC[C@H]2C1OC1CCCCO1. The number of phenols is 1. The number of amides is 2. The van der Waals surface area contributed by atoms with E-state index >= 15 is 0 Å². The Morgan fingerprint density at radius 1 is 1.09 bits per heavy atom. The second-order valence-corrected chi connectivity index (χ2v) is 11.4. The molecule has 248 valence electrons. The average Bonchev–Trinajstić information content (AvgIpc) is 3.17. The predicted molar refractivity (Wildman–Crippen MR) is 167 cm³/mol. The van der Waals surface area contributed by atoms with Crippen molar-refractivity contribution in [1.29, 1.82) is 0 Å². The Morgan fingerprint density at radius 3 is 2.63 bits per heavy atom. The van der Waals surface area contributed by atoms with Crippen LogP contribution >= 0.6 is 0 Å². The Balaban J connectivity index is 1.33. The molecule has 3 atom stereocenters. The molecule has 3 aliphatic rings. The van der Waals surface area contributed by atoms with E-state index in [0.29, 0.717) is 38.2 Å². The van der Waals surface area contributed by atoms with E-state index in [1.807, 2.05) is 12.1 Å². The number of carbonyl (C=O) groups is 3. The largest absolute Gasteiger partial charge is 0.504 e. The Labute approximate surface area is 268 Å². The summed E-state index contributed by atoms with van der Waals surface area (Å²) in [6.07, 6.45) is 4.47. The van der Waals surface area contributed by atoms with Crippen LogP contribution in [-0.4, -0.2) is 80.0 Å². The van der Waals surface area contributed by atoms with E-state index in [0.717, 1.165) is 31.2 Å². The normalized spacial score (nSPS) is 21.0. The van der Waals surface area contributed by atoms with Crippen LogP contribution in [0.5, 0.6) is 17.2 Å². The van der Waals surface area contributed by atoms with Crippen LogP contribution < -0.4 is 14.4 Å². The third kappa shape index (κ3) is 7.91. The van der Waals surface area contributed by atoms with Gasteiger partial charge in [-0.3, -0.25) is 9.59 Å². The van der Waals surface area contributed by atoms with Crippen LogP contribution in [0.1, 0.15) is 67.3 Å². The van der Waals surface area contributed by atoms with E-state index in [9.17, 15) is 19.5 Å². The molecule has 5 rings (SSSR count). The minimum atomic E-state index is -0.899. The number of aromatic hydroxyl groups is 1. The molecule has 0 aromatic heterocycles. The van der Waals surface area contributed by atoms with Gasteiger partial charge in [-0.05, 0) is 68.7 Å². The van der Waals surface area contributed by atoms with Gasteiger partial charge in [0, 0.05) is 25.6 Å². The Hall–Kier alpha value is -4.29. The molecule has 0 radical (unpaired) electrons. The van der Waals surface area contributed by atoms with Crippen molar-refractivity contribution in [3.63, 3.8) is 0 Å². The molecule has 2 fully saturated rings. The molecule has 3 heterocycles. The van der Waals surface area contributed by atoms with E-state index in [4.69, 9.17) is 28.4 Å². The summed E-state index contributed by atoms with van der Waals surface area (Å²) in [5, 5.41) is 10.9. The van der Waals surface area contributed by atoms with Crippen LogP contribution in [0.25, 0.3) is 0 Å². The summed E-state index contributed by atoms with van der Waals surface area (Å²) < 4.78 is 34.2. The fraction of sp³-hybridized carbons (Fsp3) is 0.500. The van der Waals surface area contributed by atoms with Crippen LogP contribution in [0.3, 0.4) is 0 Å². The molecular weight excluding hydrogens is 596 g/mol. The molecule has 0 aliphatic carbocycles. The summed E-state index contributed by atoms with van der Waals surface area (Å²) >= 11 is 0. The highest BCUT2D eigenvalue weighted by Gasteiger charge is 2.46. The molecule has 0 bridgehead atoms. The first-order valence-corrected chi connectivity index (χ1v) is 15.8. The zero-order chi connectivity index (χ0) is 32.5. The molecule has 2 aromatic rings. The monoisotopic (exact) mass is 638 g/mol. The third-order valence-corrected chi connectivity index (χ3v) is 8.25. The van der Waals surface area contributed by atoms with Gasteiger partial charge < -0.3 is 38.4 Å². The van der Waals surface area contributed by atoms with Crippen molar-refractivity contribution in [2.75, 3.05) is 38.4 Å². The van der Waals surface area contributed by atoms with Gasteiger partial charge in [0.25, 0.3) is 5.91 Å². The first kappa shape index (κ1) is 33.1. The fourth-order valence-corrected chi connectivity index (χ4v) is 5.90. The minimum Gasteiger partial charge on any atom is -0.504 e. The summed E-state index contributed by atoms with van der Waals surface area (Å²) in [7, 11) is 1.58. The van der Waals surface area contributed by atoms with Gasteiger partial charge in [-0.2, -0.15) is 0 Å². The zero-order valence-corrected chi connectivity index (χ0v) is 26.2. The first-order valence-electron chi connectivity index (χ1n) is 15.8. The van der Waals surface area contributed by atoms with Crippen LogP contribution in [0.15, 0.2) is 49.1 Å².